The molecule has 0 amide bonds. The minimum Gasteiger partial charge on any atom is -0.463 e. The number of aryl methyl sites for hydroxylation is 1. The Kier molecular flexibility index (Phi) is 5.56. The van der Waals surface area contributed by atoms with Crippen LogP contribution in [0.1, 0.15) is 12.1 Å². The molecule has 0 spiro atoms. The summed E-state index contributed by atoms with van der Waals surface area (Å²) in [5.74, 6) is 1.83. The summed E-state index contributed by atoms with van der Waals surface area (Å²) in [7, 11) is 2.09. The van der Waals surface area contributed by atoms with Crippen LogP contribution in [-0.4, -0.2) is 35.3 Å². The first-order valence-corrected chi connectivity index (χ1v) is 9.55. The lowest BCUT2D eigenvalue weighted by molar-refractivity contribution is 0.427. The molecule has 4 rings (SSSR count). The third-order valence-electron chi connectivity index (χ3n) is 4.59. The fraction of sp³-hybridized carbons (Fsp3) is 0.227. The molecular formula is C22H23N5O2. The third kappa shape index (κ3) is 4.45. The Balaban J connectivity index is 1.44. The van der Waals surface area contributed by atoms with Crippen LogP contribution in [0.2, 0.25) is 0 Å². The van der Waals surface area contributed by atoms with Gasteiger partial charge in [-0.15, -0.1) is 0 Å². The van der Waals surface area contributed by atoms with Crippen molar-refractivity contribution < 1.29 is 8.94 Å². The topological polar surface area (TPSA) is 80.2 Å². The summed E-state index contributed by atoms with van der Waals surface area (Å²) in [6.45, 7) is 3.57. The van der Waals surface area contributed by atoms with Crippen LogP contribution in [-0.2, 0) is 0 Å². The van der Waals surface area contributed by atoms with Crippen molar-refractivity contribution in [3.63, 3.8) is 0 Å². The summed E-state index contributed by atoms with van der Waals surface area (Å²) < 4.78 is 11.0. The minimum absolute atomic E-state index is 0.554. The highest BCUT2D eigenvalue weighted by Crippen LogP contribution is 2.31. The van der Waals surface area contributed by atoms with Gasteiger partial charge in [-0.25, -0.2) is 9.97 Å². The predicted molar refractivity (Wildman–Crippen MR) is 113 cm³/mol. The molecule has 0 saturated heterocycles. The Morgan fingerprint density at radius 2 is 1.93 bits per heavy atom. The molecule has 1 aromatic carbocycles. The molecule has 0 aliphatic rings. The molecular weight excluding hydrogens is 366 g/mol. The molecule has 0 atom stereocenters. The molecule has 0 bridgehead atoms. The molecule has 148 valence electrons. The van der Waals surface area contributed by atoms with Crippen LogP contribution in [0.25, 0.3) is 22.8 Å². The second kappa shape index (κ2) is 8.60. The second-order valence-corrected chi connectivity index (χ2v) is 6.80. The van der Waals surface area contributed by atoms with E-state index in [2.05, 4.69) is 44.5 Å². The van der Waals surface area contributed by atoms with Gasteiger partial charge < -0.3 is 19.2 Å². The average molecular weight is 389 g/mol. The minimum atomic E-state index is 0.554. The highest BCUT2D eigenvalue weighted by atomic mass is 16.5. The number of nitrogens with one attached hydrogen (secondary N) is 1. The van der Waals surface area contributed by atoms with E-state index < -0.39 is 0 Å². The van der Waals surface area contributed by atoms with Crippen molar-refractivity contribution in [2.24, 2.45) is 0 Å². The SMILES string of the molecule is Cc1cc(-c2cnc(NCCCN(C)c3ccccc3)nc2-c2ccco2)on1. The summed E-state index contributed by atoms with van der Waals surface area (Å²) >= 11 is 0. The fourth-order valence-corrected chi connectivity index (χ4v) is 3.07. The fourth-order valence-electron chi connectivity index (χ4n) is 3.07. The van der Waals surface area contributed by atoms with Gasteiger partial charge in [0.2, 0.25) is 5.95 Å². The van der Waals surface area contributed by atoms with E-state index in [4.69, 9.17) is 8.94 Å². The van der Waals surface area contributed by atoms with E-state index in [1.54, 1.807) is 12.5 Å². The summed E-state index contributed by atoms with van der Waals surface area (Å²) in [6.07, 6.45) is 4.32. The zero-order valence-corrected chi connectivity index (χ0v) is 16.5. The highest BCUT2D eigenvalue weighted by Gasteiger charge is 2.17. The molecule has 7 nitrogen and oxygen atoms in total. The number of nitrogens with zero attached hydrogens (tertiary/aromatic N) is 4. The number of benzene rings is 1. The molecule has 7 heteroatoms. The number of anilines is 2. The monoisotopic (exact) mass is 389 g/mol. The van der Waals surface area contributed by atoms with Gasteiger partial charge >= 0.3 is 0 Å². The summed E-state index contributed by atoms with van der Waals surface area (Å²) in [5, 5.41) is 7.26. The zero-order valence-electron chi connectivity index (χ0n) is 16.5. The Labute approximate surface area is 169 Å². The van der Waals surface area contributed by atoms with Gasteiger partial charge in [0.25, 0.3) is 0 Å². The molecule has 3 aromatic heterocycles. The van der Waals surface area contributed by atoms with Gasteiger partial charge in [-0.05, 0) is 37.6 Å². The molecule has 1 N–H and O–H groups in total. The van der Waals surface area contributed by atoms with Crippen LogP contribution in [0, 0.1) is 6.92 Å². The van der Waals surface area contributed by atoms with Crippen molar-refractivity contribution in [2.75, 3.05) is 30.4 Å². The van der Waals surface area contributed by atoms with Crippen LogP contribution >= 0.6 is 0 Å². The van der Waals surface area contributed by atoms with E-state index in [-0.39, 0.29) is 0 Å². The number of rotatable bonds is 8. The van der Waals surface area contributed by atoms with Crippen molar-refractivity contribution in [2.45, 2.75) is 13.3 Å². The molecule has 0 aliphatic carbocycles. The quantitative estimate of drug-likeness (QED) is 0.440. The second-order valence-electron chi connectivity index (χ2n) is 6.80. The Morgan fingerprint density at radius 3 is 2.66 bits per heavy atom. The van der Waals surface area contributed by atoms with Gasteiger partial charge in [-0.1, -0.05) is 23.4 Å². The number of hydrogen-bond acceptors (Lipinski definition) is 7. The van der Waals surface area contributed by atoms with Crippen LogP contribution in [0.5, 0.6) is 0 Å². The third-order valence-corrected chi connectivity index (χ3v) is 4.59. The molecule has 0 aliphatic heterocycles. The standard InChI is InChI=1S/C22H23N5O2/c1-16-14-20(29-26-16)18-15-24-22(25-21(18)19-10-6-13-28-19)23-11-7-12-27(2)17-8-4-3-5-9-17/h3-6,8-10,13-15H,7,11-12H2,1-2H3,(H,23,24,25). The first-order valence-electron chi connectivity index (χ1n) is 9.55. The van der Waals surface area contributed by atoms with Gasteiger partial charge in [-0.3, -0.25) is 0 Å². The lowest BCUT2D eigenvalue weighted by Crippen LogP contribution is -2.21. The number of aromatic nitrogens is 3. The van der Waals surface area contributed by atoms with Gasteiger partial charge in [0, 0.05) is 38.1 Å². The number of para-hydroxylation sites is 1. The van der Waals surface area contributed by atoms with Gasteiger partial charge in [-0.2, -0.15) is 0 Å². The maximum absolute atomic E-state index is 5.56. The van der Waals surface area contributed by atoms with E-state index in [0.717, 1.165) is 30.8 Å². The Morgan fingerprint density at radius 1 is 1.07 bits per heavy atom. The van der Waals surface area contributed by atoms with Crippen molar-refractivity contribution in [1.29, 1.82) is 0 Å². The molecule has 0 fully saturated rings. The van der Waals surface area contributed by atoms with Gasteiger partial charge in [0.05, 0.1) is 17.5 Å². The smallest absolute Gasteiger partial charge is 0.223 e. The molecule has 29 heavy (non-hydrogen) atoms. The first kappa shape index (κ1) is 18.7. The average Bonchev–Trinajstić information content (AvgIpc) is 3.43. The molecule has 4 aromatic rings. The summed E-state index contributed by atoms with van der Waals surface area (Å²) in [5.41, 5.74) is 3.42. The van der Waals surface area contributed by atoms with Crippen molar-refractivity contribution in [3.05, 3.63) is 66.7 Å². The normalized spacial score (nSPS) is 10.8. The molecule has 0 unspecified atom stereocenters. The molecule has 3 heterocycles. The molecule has 0 radical (unpaired) electrons. The number of furan rings is 1. The van der Waals surface area contributed by atoms with E-state index in [0.29, 0.717) is 23.2 Å². The first-order chi connectivity index (χ1) is 14.2. The largest absolute Gasteiger partial charge is 0.463 e. The van der Waals surface area contributed by atoms with E-state index in [1.807, 2.05) is 43.3 Å². The van der Waals surface area contributed by atoms with Crippen molar-refractivity contribution in [1.82, 2.24) is 15.1 Å². The Hall–Kier alpha value is -3.61. The van der Waals surface area contributed by atoms with Gasteiger partial charge in [0.15, 0.2) is 11.5 Å². The van der Waals surface area contributed by atoms with Crippen LogP contribution < -0.4 is 10.2 Å². The maximum Gasteiger partial charge on any atom is 0.223 e. The summed E-state index contributed by atoms with van der Waals surface area (Å²) in [6, 6.07) is 15.9. The lowest BCUT2D eigenvalue weighted by atomic mass is 10.1. The Bertz CT molecular complexity index is 1040. The van der Waals surface area contributed by atoms with Crippen LogP contribution in [0.3, 0.4) is 0 Å². The summed E-state index contributed by atoms with van der Waals surface area (Å²) in [4.78, 5) is 11.3. The zero-order chi connectivity index (χ0) is 20.1. The van der Waals surface area contributed by atoms with E-state index in [1.165, 1.54) is 5.69 Å². The van der Waals surface area contributed by atoms with Gasteiger partial charge in [0.1, 0.15) is 5.69 Å². The van der Waals surface area contributed by atoms with E-state index in [9.17, 15) is 0 Å². The van der Waals surface area contributed by atoms with Crippen molar-refractivity contribution >= 4 is 11.6 Å². The molecule has 0 saturated carbocycles. The lowest BCUT2D eigenvalue weighted by Gasteiger charge is -2.19. The van der Waals surface area contributed by atoms with E-state index >= 15 is 0 Å². The maximum atomic E-state index is 5.56. The number of hydrogen-bond donors (Lipinski definition) is 1. The highest BCUT2D eigenvalue weighted by molar-refractivity contribution is 5.75. The predicted octanol–water partition coefficient (Wildman–Crippen LogP) is 4.64. The van der Waals surface area contributed by atoms with Crippen LogP contribution in [0.4, 0.5) is 11.6 Å². The van der Waals surface area contributed by atoms with Crippen LogP contribution in [0.15, 0.2) is 69.9 Å². The van der Waals surface area contributed by atoms with Crippen molar-refractivity contribution in [3.8, 4) is 22.8 Å².